The lowest BCUT2D eigenvalue weighted by Gasteiger charge is -2.18. The molecule has 0 spiro atoms. The molecule has 0 N–H and O–H groups in total. The van der Waals surface area contributed by atoms with Crippen LogP contribution in [0.4, 0.5) is 5.69 Å². The van der Waals surface area contributed by atoms with Crippen LogP contribution in [-0.2, 0) is 7.05 Å². The fourth-order valence-corrected chi connectivity index (χ4v) is 3.11. The first-order chi connectivity index (χ1) is 12.9. The standard InChI is InChI=1S/C18H11ClN4O4/c1-21-17(24)14-9-10-8-13(23(26)27)6-7-15(10)22(16(14)20-18(21)25)12-4-2-11(19)3-5-12/h2-9H,1H3. The second-order valence-electron chi connectivity index (χ2n) is 5.95. The molecule has 0 bridgehead atoms. The molecule has 0 amide bonds. The summed E-state index contributed by atoms with van der Waals surface area (Å²) in [5.41, 5.74) is 0.0481. The smallest absolute Gasteiger partial charge is 0.294 e. The zero-order chi connectivity index (χ0) is 19.3. The van der Waals surface area contributed by atoms with Crippen molar-refractivity contribution < 1.29 is 4.92 Å². The van der Waals surface area contributed by atoms with E-state index < -0.39 is 16.2 Å². The van der Waals surface area contributed by atoms with Gasteiger partial charge in [-0.05, 0) is 36.4 Å². The van der Waals surface area contributed by atoms with Crippen LogP contribution in [0.15, 0.2) is 58.1 Å². The number of aromatic nitrogens is 3. The van der Waals surface area contributed by atoms with Crippen LogP contribution < -0.4 is 11.2 Å². The molecule has 0 fully saturated rings. The van der Waals surface area contributed by atoms with Crippen molar-refractivity contribution in [1.29, 1.82) is 0 Å². The van der Waals surface area contributed by atoms with Gasteiger partial charge in [-0.3, -0.25) is 24.0 Å². The van der Waals surface area contributed by atoms with E-state index in [1.807, 2.05) is 0 Å². The molecule has 27 heavy (non-hydrogen) atoms. The summed E-state index contributed by atoms with van der Waals surface area (Å²) < 4.78 is 2.52. The monoisotopic (exact) mass is 382 g/mol. The van der Waals surface area contributed by atoms with Gasteiger partial charge in [0.25, 0.3) is 11.2 Å². The molecule has 0 unspecified atom stereocenters. The molecule has 0 saturated heterocycles. The Bertz CT molecular complexity index is 1310. The molecule has 0 saturated carbocycles. The maximum Gasteiger partial charge on any atom is 0.352 e. The minimum absolute atomic E-state index is 0.102. The Hall–Kier alpha value is -3.52. The first-order valence-corrected chi connectivity index (χ1v) is 8.21. The molecule has 2 aromatic carbocycles. The Morgan fingerprint density at radius 3 is 2.44 bits per heavy atom. The molecule has 8 nitrogen and oxygen atoms in total. The Kier molecular flexibility index (Phi) is 3.78. The lowest BCUT2D eigenvalue weighted by Crippen LogP contribution is -2.35. The molecule has 134 valence electrons. The van der Waals surface area contributed by atoms with Crippen LogP contribution in [0.5, 0.6) is 0 Å². The Labute approximate surface area is 156 Å². The van der Waals surface area contributed by atoms with Gasteiger partial charge in [0, 0.05) is 35.3 Å². The molecule has 0 aromatic heterocycles. The van der Waals surface area contributed by atoms with Gasteiger partial charge in [-0.1, -0.05) is 11.6 Å². The molecule has 4 rings (SSSR count). The number of hydrogen-bond donors (Lipinski definition) is 0. The number of benzene rings is 2. The molecule has 2 aliphatic rings. The minimum Gasteiger partial charge on any atom is -0.294 e. The highest BCUT2D eigenvalue weighted by Gasteiger charge is 2.21. The number of pyridine rings is 1. The van der Waals surface area contributed by atoms with Crippen molar-refractivity contribution in [3.05, 3.63) is 84.5 Å². The summed E-state index contributed by atoms with van der Waals surface area (Å²) >= 11 is 5.96. The van der Waals surface area contributed by atoms with Crippen LogP contribution in [0.2, 0.25) is 5.02 Å². The van der Waals surface area contributed by atoms with Gasteiger partial charge in [-0.25, -0.2) is 4.79 Å². The van der Waals surface area contributed by atoms with Gasteiger partial charge in [0.2, 0.25) is 0 Å². The highest BCUT2D eigenvalue weighted by Crippen LogP contribution is 2.30. The van der Waals surface area contributed by atoms with Crippen molar-refractivity contribution >= 4 is 28.2 Å². The Morgan fingerprint density at radius 1 is 1.07 bits per heavy atom. The predicted molar refractivity (Wildman–Crippen MR) is 101 cm³/mol. The van der Waals surface area contributed by atoms with Gasteiger partial charge < -0.3 is 0 Å². The van der Waals surface area contributed by atoms with E-state index in [0.29, 0.717) is 21.6 Å². The largest absolute Gasteiger partial charge is 0.352 e. The van der Waals surface area contributed by atoms with Crippen LogP contribution in [0.1, 0.15) is 0 Å². The quantitative estimate of drug-likeness (QED) is 0.301. The zero-order valence-electron chi connectivity index (χ0n) is 13.9. The van der Waals surface area contributed by atoms with Crippen molar-refractivity contribution in [2.24, 2.45) is 7.05 Å². The molecule has 2 aromatic rings. The van der Waals surface area contributed by atoms with Crippen molar-refractivity contribution in [1.82, 2.24) is 14.1 Å². The first kappa shape index (κ1) is 16.9. The van der Waals surface area contributed by atoms with Crippen molar-refractivity contribution in [3.63, 3.8) is 0 Å². The van der Waals surface area contributed by atoms with Gasteiger partial charge in [0.15, 0.2) is 5.82 Å². The molecule has 2 aliphatic heterocycles. The Balaban J connectivity index is 2.22. The molecule has 2 heterocycles. The topological polar surface area (TPSA) is 100 Å². The molecule has 0 aliphatic carbocycles. The van der Waals surface area contributed by atoms with Crippen LogP contribution >= 0.6 is 11.6 Å². The predicted octanol–water partition coefficient (Wildman–Crippen LogP) is 2.75. The van der Waals surface area contributed by atoms with E-state index in [1.54, 1.807) is 34.9 Å². The van der Waals surface area contributed by atoms with Crippen molar-refractivity contribution in [2.45, 2.75) is 0 Å². The molecule has 0 radical (unpaired) electrons. The van der Waals surface area contributed by atoms with E-state index >= 15 is 0 Å². The number of non-ortho nitro benzene ring substituents is 1. The number of hydrogen-bond acceptors (Lipinski definition) is 5. The van der Waals surface area contributed by atoms with Gasteiger partial charge in [0.1, 0.15) is 0 Å². The van der Waals surface area contributed by atoms with E-state index in [4.69, 9.17) is 11.6 Å². The van der Waals surface area contributed by atoms with Crippen molar-refractivity contribution in [2.75, 3.05) is 0 Å². The summed E-state index contributed by atoms with van der Waals surface area (Å²) in [4.78, 5) is 39.4. The third kappa shape index (κ3) is 2.67. The third-order valence-corrected chi connectivity index (χ3v) is 4.58. The molecular weight excluding hydrogens is 372 g/mol. The van der Waals surface area contributed by atoms with E-state index in [0.717, 1.165) is 4.57 Å². The van der Waals surface area contributed by atoms with Crippen LogP contribution in [0.3, 0.4) is 0 Å². The average Bonchev–Trinajstić information content (AvgIpc) is 2.65. The highest BCUT2D eigenvalue weighted by molar-refractivity contribution is 6.30. The van der Waals surface area contributed by atoms with E-state index in [2.05, 4.69) is 4.98 Å². The second-order valence-corrected chi connectivity index (χ2v) is 6.39. The molecule has 9 heteroatoms. The number of nitrogens with zero attached hydrogens (tertiary/aromatic N) is 4. The summed E-state index contributed by atoms with van der Waals surface area (Å²) in [7, 11) is 1.33. The van der Waals surface area contributed by atoms with Gasteiger partial charge >= 0.3 is 5.69 Å². The summed E-state index contributed by atoms with van der Waals surface area (Å²) in [6.07, 6.45) is 0. The maximum absolute atomic E-state index is 12.6. The number of fused-ring (bicyclic) bond motifs is 2. The second kappa shape index (κ2) is 6.03. The number of nitro groups is 1. The van der Waals surface area contributed by atoms with E-state index in [1.165, 1.54) is 25.2 Å². The normalized spacial score (nSPS) is 11.2. The average molecular weight is 383 g/mol. The molecular formula is C18H11ClN4O4. The highest BCUT2D eigenvalue weighted by atomic mass is 35.5. The number of nitro benzene ring substituents is 1. The summed E-state index contributed by atoms with van der Waals surface area (Å²) in [5.74, 6) is 0.173. The van der Waals surface area contributed by atoms with Crippen LogP contribution in [-0.4, -0.2) is 19.0 Å². The van der Waals surface area contributed by atoms with Gasteiger partial charge in [0.05, 0.1) is 16.0 Å². The molecule has 0 atom stereocenters. The van der Waals surface area contributed by atoms with Crippen molar-refractivity contribution in [3.8, 4) is 17.1 Å². The maximum atomic E-state index is 12.6. The van der Waals surface area contributed by atoms with Gasteiger partial charge in [-0.15, -0.1) is 0 Å². The van der Waals surface area contributed by atoms with Crippen LogP contribution in [0, 0.1) is 10.1 Å². The summed E-state index contributed by atoms with van der Waals surface area (Å²) in [5, 5.41) is 12.1. The first-order valence-electron chi connectivity index (χ1n) is 7.84. The zero-order valence-corrected chi connectivity index (χ0v) is 14.7. The fourth-order valence-electron chi connectivity index (χ4n) is 2.98. The fraction of sp³-hybridized carbons (Fsp3) is 0.0556. The third-order valence-electron chi connectivity index (χ3n) is 4.32. The lowest BCUT2D eigenvalue weighted by molar-refractivity contribution is -0.384. The minimum atomic E-state index is -0.684. The van der Waals surface area contributed by atoms with E-state index in [-0.39, 0.29) is 17.1 Å². The Morgan fingerprint density at radius 2 is 1.78 bits per heavy atom. The lowest BCUT2D eigenvalue weighted by atomic mass is 10.1. The summed E-state index contributed by atoms with van der Waals surface area (Å²) in [6, 6.07) is 12.6. The van der Waals surface area contributed by atoms with Crippen LogP contribution in [0.25, 0.3) is 28.0 Å². The van der Waals surface area contributed by atoms with Gasteiger partial charge in [-0.2, -0.15) is 4.98 Å². The summed E-state index contributed by atoms with van der Waals surface area (Å²) in [6.45, 7) is 0. The van der Waals surface area contributed by atoms with E-state index in [9.17, 15) is 19.7 Å². The number of halogens is 1. The number of rotatable bonds is 2. The SMILES string of the molecule is Cn1c(=O)nc2n(-c3ccc(Cl)cc3)c3ccc([N+](=O)[O-])cc3cc-2c1=O.